The number of non-ortho nitro benzene ring substituents is 1. The summed E-state index contributed by atoms with van der Waals surface area (Å²) in [6, 6.07) is 30.4. The monoisotopic (exact) mass is 564 g/mol. The molecule has 0 amide bonds. The fourth-order valence-corrected chi connectivity index (χ4v) is 4.91. The van der Waals surface area contributed by atoms with Gasteiger partial charge in [0.2, 0.25) is 5.13 Å². The molecule has 0 saturated carbocycles. The third-order valence-electron chi connectivity index (χ3n) is 5.85. The van der Waals surface area contributed by atoms with Crippen molar-refractivity contribution in [3.63, 3.8) is 0 Å². The molecule has 0 spiro atoms. The third-order valence-corrected chi connectivity index (χ3v) is 6.86. The van der Waals surface area contributed by atoms with E-state index in [-0.39, 0.29) is 17.0 Å². The Bertz CT molecular complexity index is 1650. The van der Waals surface area contributed by atoms with E-state index in [4.69, 9.17) is 14.5 Å². The molecule has 1 heterocycles. The molecule has 0 aliphatic carbocycles. The molecule has 0 aliphatic rings. The van der Waals surface area contributed by atoms with Crippen molar-refractivity contribution in [3.05, 3.63) is 124 Å². The van der Waals surface area contributed by atoms with Gasteiger partial charge in [-0.25, -0.2) is 9.78 Å². The van der Waals surface area contributed by atoms with Crippen LogP contribution < -0.4 is 14.9 Å². The summed E-state index contributed by atoms with van der Waals surface area (Å²) in [5.41, 5.74) is 6.52. The predicted octanol–water partition coefficient (Wildman–Crippen LogP) is 7.45. The van der Waals surface area contributed by atoms with Crippen molar-refractivity contribution in [1.82, 2.24) is 4.98 Å². The summed E-state index contributed by atoms with van der Waals surface area (Å²) in [5.74, 6) is -0.208. The molecule has 5 rings (SSSR count). The first-order chi connectivity index (χ1) is 20.0. The highest BCUT2D eigenvalue weighted by atomic mass is 32.1. The molecule has 0 aliphatic heterocycles. The molecule has 0 fully saturated rings. The summed E-state index contributed by atoms with van der Waals surface area (Å²) in [5, 5.41) is 16.0. The highest BCUT2D eigenvalue weighted by Gasteiger charge is 2.17. The molecular formula is C31H24N4O5S. The first kappa shape index (κ1) is 27.2. The van der Waals surface area contributed by atoms with Gasteiger partial charge in [-0.15, -0.1) is 0 Å². The van der Waals surface area contributed by atoms with Crippen molar-refractivity contribution >= 4 is 34.3 Å². The quantitative estimate of drug-likeness (QED) is 0.0616. The van der Waals surface area contributed by atoms with E-state index < -0.39 is 10.9 Å². The van der Waals surface area contributed by atoms with Gasteiger partial charge in [-0.1, -0.05) is 78.1 Å². The normalized spacial score (nSPS) is 10.9. The Morgan fingerprint density at radius 2 is 1.68 bits per heavy atom. The van der Waals surface area contributed by atoms with E-state index in [2.05, 4.69) is 22.7 Å². The van der Waals surface area contributed by atoms with Crippen molar-refractivity contribution in [1.29, 1.82) is 0 Å². The van der Waals surface area contributed by atoms with Gasteiger partial charge in [-0.2, -0.15) is 5.10 Å². The van der Waals surface area contributed by atoms with E-state index >= 15 is 0 Å². The summed E-state index contributed by atoms with van der Waals surface area (Å²) in [4.78, 5) is 29.0. The number of nitro groups is 1. The molecule has 0 bridgehead atoms. The highest BCUT2D eigenvalue weighted by molar-refractivity contribution is 7.19. The van der Waals surface area contributed by atoms with Crippen LogP contribution in [0, 0.1) is 10.1 Å². The number of hydrazone groups is 1. The number of hydrogen-bond acceptors (Lipinski definition) is 9. The fraction of sp³-hybridized carbons (Fsp3) is 0.0645. The van der Waals surface area contributed by atoms with Gasteiger partial charge in [0.05, 0.1) is 33.9 Å². The maximum absolute atomic E-state index is 12.7. The lowest BCUT2D eigenvalue weighted by atomic mass is 10.1. The fourth-order valence-electron chi connectivity index (χ4n) is 3.97. The minimum absolute atomic E-state index is 0.0599. The van der Waals surface area contributed by atoms with Crippen molar-refractivity contribution in [2.75, 3.05) is 12.0 Å². The summed E-state index contributed by atoms with van der Waals surface area (Å²) in [6.45, 7) is 2.15. The minimum Gasteiger partial charge on any atom is -0.490 e. The number of aromatic nitrogens is 1. The molecule has 0 unspecified atom stereocenters. The summed E-state index contributed by atoms with van der Waals surface area (Å²) >= 11 is 1.50. The number of rotatable bonds is 10. The maximum atomic E-state index is 12.7. The Hall–Kier alpha value is -5.35. The molecule has 204 valence electrons. The number of benzene rings is 4. The molecule has 0 radical (unpaired) electrons. The van der Waals surface area contributed by atoms with Gasteiger partial charge in [0.1, 0.15) is 0 Å². The second kappa shape index (κ2) is 12.7. The van der Waals surface area contributed by atoms with Crippen LogP contribution in [0.2, 0.25) is 0 Å². The number of nitrogens with one attached hydrogen (secondary N) is 1. The van der Waals surface area contributed by atoms with Crippen LogP contribution in [0.4, 0.5) is 10.8 Å². The predicted molar refractivity (Wildman–Crippen MR) is 160 cm³/mol. The van der Waals surface area contributed by atoms with Crippen LogP contribution >= 0.6 is 11.3 Å². The minimum atomic E-state index is -0.732. The van der Waals surface area contributed by atoms with E-state index in [1.807, 2.05) is 55.5 Å². The van der Waals surface area contributed by atoms with Gasteiger partial charge >= 0.3 is 5.97 Å². The smallest absolute Gasteiger partial charge is 0.343 e. The Morgan fingerprint density at radius 3 is 2.39 bits per heavy atom. The molecule has 0 saturated heterocycles. The van der Waals surface area contributed by atoms with E-state index in [9.17, 15) is 14.9 Å². The second-order valence-electron chi connectivity index (χ2n) is 8.63. The standard InChI is InChI=1S/C31H24N4O5S/c1-2-39-27-18-21(16-17-26(27)40-30(36)24-14-9-15-25(19-24)35(37)38)20-32-34-31-33-28(22-10-5-3-6-11-22)29(41-31)23-12-7-4-8-13-23/h3-20H,2H2,1H3,(H,33,34)/b32-20-. The van der Waals surface area contributed by atoms with Crippen LogP contribution in [-0.4, -0.2) is 28.7 Å². The Balaban J connectivity index is 1.34. The molecular weight excluding hydrogens is 540 g/mol. The molecule has 5 aromatic rings. The van der Waals surface area contributed by atoms with Crippen LogP contribution in [0.1, 0.15) is 22.8 Å². The van der Waals surface area contributed by atoms with E-state index in [0.29, 0.717) is 23.1 Å². The lowest BCUT2D eigenvalue weighted by Crippen LogP contribution is -2.10. The van der Waals surface area contributed by atoms with Crippen LogP contribution in [0.5, 0.6) is 11.5 Å². The second-order valence-corrected chi connectivity index (χ2v) is 9.63. The van der Waals surface area contributed by atoms with Gasteiger partial charge < -0.3 is 9.47 Å². The SMILES string of the molecule is CCOc1cc(/C=N\Nc2nc(-c3ccccc3)c(-c3ccccc3)s2)ccc1OC(=O)c1cccc([N+](=O)[O-])c1. The van der Waals surface area contributed by atoms with Gasteiger partial charge in [0, 0.05) is 17.7 Å². The molecule has 1 N–H and O–H groups in total. The number of thiazole rings is 1. The molecule has 10 heteroatoms. The zero-order chi connectivity index (χ0) is 28.6. The third kappa shape index (κ3) is 6.63. The van der Waals surface area contributed by atoms with Gasteiger partial charge in [0.15, 0.2) is 11.5 Å². The van der Waals surface area contributed by atoms with E-state index in [1.165, 1.54) is 35.6 Å². The maximum Gasteiger partial charge on any atom is 0.343 e. The van der Waals surface area contributed by atoms with Crippen LogP contribution in [0.25, 0.3) is 21.7 Å². The number of carbonyl (C=O) groups is 1. The van der Waals surface area contributed by atoms with Crippen LogP contribution in [0.15, 0.2) is 108 Å². The highest BCUT2D eigenvalue weighted by Crippen LogP contribution is 2.39. The van der Waals surface area contributed by atoms with Crippen molar-refractivity contribution in [2.45, 2.75) is 6.92 Å². The Labute approximate surface area is 239 Å². The molecule has 9 nitrogen and oxygen atoms in total. The van der Waals surface area contributed by atoms with Gasteiger partial charge in [-0.05, 0) is 42.3 Å². The number of hydrogen-bond donors (Lipinski definition) is 1. The number of nitro benzene ring substituents is 1. The number of carbonyl (C=O) groups excluding carboxylic acids is 1. The first-order valence-corrected chi connectivity index (χ1v) is 13.5. The molecule has 0 atom stereocenters. The van der Waals surface area contributed by atoms with Crippen molar-refractivity contribution < 1.29 is 19.2 Å². The number of nitrogens with zero attached hydrogens (tertiary/aromatic N) is 3. The number of esters is 1. The number of anilines is 1. The van der Waals surface area contributed by atoms with E-state index in [0.717, 1.165) is 21.7 Å². The van der Waals surface area contributed by atoms with Crippen molar-refractivity contribution in [2.24, 2.45) is 5.10 Å². The van der Waals surface area contributed by atoms with Crippen LogP contribution in [0.3, 0.4) is 0 Å². The Kier molecular flexibility index (Phi) is 8.41. The molecule has 41 heavy (non-hydrogen) atoms. The lowest BCUT2D eigenvalue weighted by molar-refractivity contribution is -0.384. The average molecular weight is 565 g/mol. The topological polar surface area (TPSA) is 116 Å². The van der Waals surface area contributed by atoms with Crippen LogP contribution in [-0.2, 0) is 0 Å². The lowest BCUT2D eigenvalue weighted by Gasteiger charge is -2.11. The summed E-state index contributed by atoms with van der Waals surface area (Å²) in [6.07, 6.45) is 1.61. The average Bonchev–Trinajstić information content (AvgIpc) is 3.44. The van der Waals surface area contributed by atoms with E-state index in [1.54, 1.807) is 24.4 Å². The van der Waals surface area contributed by atoms with Crippen molar-refractivity contribution in [3.8, 4) is 33.2 Å². The zero-order valence-corrected chi connectivity index (χ0v) is 22.7. The zero-order valence-electron chi connectivity index (χ0n) is 21.9. The molecule has 4 aromatic carbocycles. The summed E-state index contributed by atoms with van der Waals surface area (Å²) in [7, 11) is 0. The van der Waals surface area contributed by atoms with Gasteiger partial charge in [-0.3, -0.25) is 15.5 Å². The summed E-state index contributed by atoms with van der Waals surface area (Å²) < 4.78 is 11.2. The number of ether oxygens (including phenoxy) is 2. The first-order valence-electron chi connectivity index (χ1n) is 12.7. The largest absolute Gasteiger partial charge is 0.490 e. The van der Waals surface area contributed by atoms with Gasteiger partial charge in [0.25, 0.3) is 5.69 Å². The molecule has 1 aromatic heterocycles. The Morgan fingerprint density at radius 1 is 0.951 bits per heavy atom.